The molecule has 1 atom stereocenters. The molecule has 0 aliphatic carbocycles. The lowest BCUT2D eigenvalue weighted by molar-refractivity contribution is 0.239. The molecule has 0 radical (unpaired) electrons. The van der Waals surface area contributed by atoms with Crippen molar-refractivity contribution < 1.29 is 0 Å². The van der Waals surface area contributed by atoms with Crippen LogP contribution in [0.2, 0.25) is 0 Å². The summed E-state index contributed by atoms with van der Waals surface area (Å²) < 4.78 is 0. The number of aromatic nitrogens is 1. The van der Waals surface area contributed by atoms with Crippen molar-refractivity contribution in [2.45, 2.75) is 38.8 Å². The minimum Gasteiger partial charge on any atom is -0.313 e. The molecule has 1 aliphatic heterocycles. The van der Waals surface area contributed by atoms with Crippen molar-refractivity contribution in [3.63, 3.8) is 0 Å². The molecule has 2 aromatic heterocycles. The first-order valence-corrected chi connectivity index (χ1v) is 9.60. The van der Waals surface area contributed by atoms with E-state index in [1.165, 1.54) is 37.1 Å². The lowest BCUT2D eigenvalue weighted by Crippen LogP contribution is -2.37. The Morgan fingerprint density at radius 3 is 3.10 bits per heavy atom. The number of nitrogens with one attached hydrogen (secondary N) is 1. The maximum Gasteiger partial charge on any atom is 0.124 e. The molecule has 5 heteroatoms. The van der Waals surface area contributed by atoms with E-state index in [-0.39, 0.29) is 0 Å². The van der Waals surface area contributed by atoms with Crippen molar-refractivity contribution in [1.82, 2.24) is 15.2 Å². The fourth-order valence-corrected chi connectivity index (χ4v) is 4.43. The van der Waals surface area contributed by atoms with Gasteiger partial charge in [0.05, 0.1) is 5.69 Å². The fourth-order valence-electron chi connectivity index (χ4n) is 2.90. The maximum atomic E-state index is 4.81. The first kappa shape index (κ1) is 15.2. The molecule has 2 aromatic rings. The first-order chi connectivity index (χ1) is 10.3. The van der Waals surface area contributed by atoms with E-state index in [0.717, 1.165) is 24.6 Å². The van der Waals surface area contributed by atoms with Crippen LogP contribution in [0.3, 0.4) is 0 Å². The summed E-state index contributed by atoms with van der Waals surface area (Å²) in [5.74, 6) is 0. The van der Waals surface area contributed by atoms with Gasteiger partial charge in [0.15, 0.2) is 0 Å². The van der Waals surface area contributed by atoms with Gasteiger partial charge in [-0.05, 0) is 43.8 Å². The van der Waals surface area contributed by atoms with E-state index >= 15 is 0 Å². The molecular formula is C16H23N3S2. The summed E-state index contributed by atoms with van der Waals surface area (Å²) in [5.41, 5.74) is 2.48. The molecule has 3 nitrogen and oxygen atoms in total. The second-order valence-corrected chi connectivity index (χ2v) is 7.32. The monoisotopic (exact) mass is 321 g/mol. The molecule has 1 saturated heterocycles. The van der Waals surface area contributed by atoms with Gasteiger partial charge in [-0.15, -0.1) is 11.3 Å². The van der Waals surface area contributed by atoms with Crippen LogP contribution in [0.5, 0.6) is 0 Å². The molecule has 0 aromatic carbocycles. The van der Waals surface area contributed by atoms with Crippen molar-refractivity contribution in [3.05, 3.63) is 27.9 Å². The SMILES string of the molecule is CCCN(Cc1csc(-c2ccsc2)n1)CC1CCCN1. The molecule has 1 unspecified atom stereocenters. The zero-order valence-electron chi connectivity index (χ0n) is 12.5. The van der Waals surface area contributed by atoms with Crippen LogP contribution >= 0.6 is 22.7 Å². The van der Waals surface area contributed by atoms with Gasteiger partial charge in [-0.2, -0.15) is 11.3 Å². The zero-order valence-corrected chi connectivity index (χ0v) is 14.2. The Bertz CT molecular complexity index is 529. The standard InChI is InChI=1S/C16H23N3S2/c1-2-7-19(9-14-4-3-6-17-14)10-15-12-21-16(18-15)13-5-8-20-11-13/h5,8,11-12,14,17H,2-4,6-7,9-10H2,1H3. The topological polar surface area (TPSA) is 28.2 Å². The molecule has 1 fully saturated rings. The third-order valence-corrected chi connectivity index (χ3v) is 5.51. The lowest BCUT2D eigenvalue weighted by atomic mass is 10.2. The number of hydrogen-bond acceptors (Lipinski definition) is 5. The Kier molecular flexibility index (Phi) is 5.41. The molecule has 1 N–H and O–H groups in total. The predicted octanol–water partition coefficient (Wildman–Crippen LogP) is 3.84. The van der Waals surface area contributed by atoms with Gasteiger partial charge >= 0.3 is 0 Å². The van der Waals surface area contributed by atoms with Crippen molar-refractivity contribution in [2.75, 3.05) is 19.6 Å². The van der Waals surface area contributed by atoms with Crippen LogP contribution in [0, 0.1) is 0 Å². The predicted molar refractivity (Wildman–Crippen MR) is 92.0 cm³/mol. The normalized spacial score (nSPS) is 18.7. The van der Waals surface area contributed by atoms with Gasteiger partial charge in [-0.25, -0.2) is 4.98 Å². The van der Waals surface area contributed by atoms with Crippen molar-refractivity contribution in [3.8, 4) is 10.6 Å². The quantitative estimate of drug-likeness (QED) is 0.840. The third kappa shape index (κ3) is 4.13. The Balaban J connectivity index is 1.62. The second-order valence-electron chi connectivity index (χ2n) is 5.68. The first-order valence-electron chi connectivity index (χ1n) is 7.78. The Labute approximate surface area is 135 Å². The van der Waals surface area contributed by atoms with Gasteiger partial charge in [0.25, 0.3) is 0 Å². The molecule has 1 aliphatic rings. The molecule has 3 rings (SSSR count). The van der Waals surface area contributed by atoms with Crippen LogP contribution in [0.4, 0.5) is 0 Å². The highest BCUT2D eigenvalue weighted by Gasteiger charge is 2.18. The minimum atomic E-state index is 0.673. The van der Waals surface area contributed by atoms with Crippen LogP contribution in [-0.2, 0) is 6.54 Å². The summed E-state index contributed by atoms with van der Waals surface area (Å²) in [5, 5.41) is 11.3. The summed E-state index contributed by atoms with van der Waals surface area (Å²) in [6, 6.07) is 2.83. The summed E-state index contributed by atoms with van der Waals surface area (Å²) in [4.78, 5) is 7.36. The number of hydrogen-bond donors (Lipinski definition) is 1. The molecule has 114 valence electrons. The molecule has 3 heterocycles. The molecular weight excluding hydrogens is 298 g/mol. The summed E-state index contributed by atoms with van der Waals surface area (Å²) in [6.45, 7) is 6.73. The van der Waals surface area contributed by atoms with E-state index in [0.29, 0.717) is 6.04 Å². The smallest absolute Gasteiger partial charge is 0.124 e. The summed E-state index contributed by atoms with van der Waals surface area (Å²) in [7, 11) is 0. The van der Waals surface area contributed by atoms with Crippen molar-refractivity contribution in [2.24, 2.45) is 0 Å². The van der Waals surface area contributed by atoms with Crippen LogP contribution in [0.15, 0.2) is 22.2 Å². The van der Waals surface area contributed by atoms with Crippen LogP contribution in [0.25, 0.3) is 10.6 Å². The highest BCUT2D eigenvalue weighted by atomic mass is 32.1. The molecule has 0 saturated carbocycles. The Morgan fingerprint density at radius 1 is 1.43 bits per heavy atom. The fraction of sp³-hybridized carbons (Fsp3) is 0.562. The van der Waals surface area contributed by atoms with E-state index < -0.39 is 0 Å². The molecule has 0 spiro atoms. The van der Waals surface area contributed by atoms with Gasteiger partial charge in [-0.1, -0.05) is 6.92 Å². The lowest BCUT2D eigenvalue weighted by Gasteiger charge is -2.24. The number of thiophene rings is 1. The van der Waals surface area contributed by atoms with Gasteiger partial charge < -0.3 is 5.32 Å². The van der Waals surface area contributed by atoms with Crippen LogP contribution < -0.4 is 5.32 Å². The van der Waals surface area contributed by atoms with E-state index in [1.807, 2.05) is 0 Å². The molecule has 0 amide bonds. The largest absolute Gasteiger partial charge is 0.313 e. The highest BCUT2D eigenvalue weighted by Crippen LogP contribution is 2.26. The van der Waals surface area contributed by atoms with E-state index in [2.05, 4.69) is 39.3 Å². The molecule has 0 bridgehead atoms. The minimum absolute atomic E-state index is 0.673. The van der Waals surface area contributed by atoms with Gasteiger partial charge in [0.1, 0.15) is 5.01 Å². The second kappa shape index (κ2) is 7.49. The number of rotatable bonds is 7. The van der Waals surface area contributed by atoms with Crippen LogP contribution in [-0.4, -0.2) is 35.6 Å². The van der Waals surface area contributed by atoms with E-state index in [4.69, 9.17) is 4.98 Å². The molecule has 21 heavy (non-hydrogen) atoms. The van der Waals surface area contributed by atoms with Crippen LogP contribution in [0.1, 0.15) is 31.9 Å². The van der Waals surface area contributed by atoms with Gasteiger partial charge in [0, 0.05) is 35.5 Å². The Hall–Kier alpha value is -0.750. The van der Waals surface area contributed by atoms with E-state index in [1.54, 1.807) is 22.7 Å². The average molecular weight is 322 g/mol. The Morgan fingerprint density at radius 2 is 2.38 bits per heavy atom. The maximum absolute atomic E-state index is 4.81. The van der Waals surface area contributed by atoms with E-state index in [9.17, 15) is 0 Å². The number of thiazole rings is 1. The third-order valence-electron chi connectivity index (χ3n) is 3.89. The number of nitrogens with zero attached hydrogens (tertiary/aromatic N) is 2. The van der Waals surface area contributed by atoms with Crippen molar-refractivity contribution in [1.29, 1.82) is 0 Å². The highest BCUT2D eigenvalue weighted by molar-refractivity contribution is 7.14. The summed E-state index contributed by atoms with van der Waals surface area (Å²) in [6.07, 6.45) is 3.84. The average Bonchev–Trinajstić information content (AvgIpc) is 3.21. The van der Waals surface area contributed by atoms with Gasteiger partial charge in [0.2, 0.25) is 0 Å². The van der Waals surface area contributed by atoms with Gasteiger partial charge in [-0.3, -0.25) is 4.90 Å². The zero-order chi connectivity index (χ0) is 14.5. The summed E-state index contributed by atoms with van der Waals surface area (Å²) >= 11 is 3.50. The van der Waals surface area contributed by atoms with Crippen molar-refractivity contribution >= 4 is 22.7 Å².